The van der Waals surface area contributed by atoms with Gasteiger partial charge in [0.25, 0.3) is 15.9 Å². The van der Waals surface area contributed by atoms with Gasteiger partial charge in [0, 0.05) is 36.6 Å². The second kappa shape index (κ2) is 12.8. The monoisotopic (exact) mass is 619 g/mol. The number of pyridine rings is 1. The van der Waals surface area contributed by atoms with E-state index in [0.717, 1.165) is 0 Å². The third kappa shape index (κ3) is 7.58. The molecule has 5 rings (SSSR count). The van der Waals surface area contributed by atoms with Crippen LogP contribution in [0.15, 0.2) is 93.5 Å². The lowest BCUT2D eigenvalue weighted by Gasteiger charge is -2.28. The number of carbonyl (C=O) groups is 1. The number of sulfonamides is 1. The maximum atomic E-state index is 12.7. The summed E-state index contributed by atoms with van der Waals surface area (Å²) < 4.78 is 34.4. The van der Waals surface area contributed by atoms with Crippen molar-refractivity contribution in [3.05, 3.63) is 106 Å². The van der Waals surface area contributed by atoms with E-state index in [1.165, 1.54) is 24.4 Å². The largest absolute Gasteiger partial charge is 0.387 e. The summed E-state index contributed by atoms with van der Waals surface area (Å²) in [4.78, 5) is 32.6. The van der Waals surface area contributed by atoms with Gasteiger partial charge in [0.2, 0.25) is 0 Å². The Balaban J connectivity index is 1.14. The zero-order valence-corrected chi connectivity index (χ0v) is 25.0. The zero-order chi connectivity index (χ0) is 31.3. The van der Waals surface area contributed by atoms with Gasteiger partial charge in [-0.2, -0.15) is 0 Å². The molecule has 0 bridgehead atoms. The molecule has 0 spiro atoms. The van der Waals surface area contributed by atoms with Crippen LogP contribution in [0, 0.1) is 0 Å². The van der Waals surface area contributed by atoms with E-state index in [4.69, 9.17) is 0 Å². The van der Waals surface area contributed by atoms with Crippen LogP contribution in [0.4, 0.5) is 5.69 Å². The van der Waals surface area contributed by atoms with Crippen LogP contribution in [0.25, 0.3) is 11.2 Å². The van der Waals surface area contributed by atoms with E-state index in [1.807, 2.05) is 18.4 Å². The number of benzene rings is 2. The highest BCUT2D eigenvalue weighted by molar-refractivity contribution is 7.92. The Morgan fingerprint density at radius 3 is 2.64 bits per heavy atom. The number of H-pyrrole nitrogens is 1. The third-order valence-corrected chi connectivity index (χ3v) is 8.46. The number of fused-ring (bicyclic) bond motifs is 1. The summed E-state index contributed by atoms with van der Waals surface area (Å²) in [5.41, 5.74) is 2.02. The molecule has 0 radical (unpaired) electrons. The predicted octanol–water partition coefficient (Wildman–Crippen LogP) is 2.94. The van der Waals surface area contributed by atoms with Gasteiger partial charge in [0.1, 0.15) is 5.52 Å². The van der Waals surface area contributed by atoms with E-state index < -0.39 is 21.8 Å². The smallest absolute Gasteiger partial charge is 0.357 e. The fourth-order valence-electron chi connectivity index (χ4n) is 4.52. The molecule has 0 aliphatic rings. The van der Waals surface area contributed by atoms with Crippen LogP contribution in [0.1, 0.15) is 48.0 Å². The first kappa shape index (κ1) is 30.7. The maximum Gasteiger partial charge on any atom is 0.357 e. The first-order valence-electron chi connectivity index (χ1n) is 13.9. The number of aromatic amines is 1. The number of hydrogen-bond acceptors (Lipinski definition) is 9. The summed E-state index contributed by atoms with van der Waals surface area (Å²) in [6, 6.07) is 17.7. The van der Waals surface area contributed by atoms with E-state index in [1.54, 1.807) is 54.9 Å². The van der Waals surface area contributed by atoms with E-state index in [0.29, 0.717) is 46.6 Å². The zero-order valence-electron chi connectivity index (χ0n) is 24.1. The summed E-state index contributed by atoms with van der Waals surface area (Å²) in [6.07, 6.45) is 2.95. The van der Waals surface area contributed by atoms with Crippen molar-refractivity contribution >= 4 is 32.8 Å². The van der Waals surface area contributed by atoms with Crippen molar-refractivity contribution in [1.82, 2.24) is 30.3 Å². The molecule has 230 valence electrons. The number of aliphatic hydroxyl groups is 1. The fraction of sp³-hybridized carbons (Fsp3) is 0.267. The van der Waals surface area contributed by atoms with Gasteiger partial charge in [-0.1, -0.05) is 30.3 Å². The number of aliphatic hydroxyl groups excluding tert-OH is 1. The Morgan fingerprint density at radius 1 is 1.09 bits per heavy atom. The minimum Gasteiger partial charge on any atom is -0.387 e. The molecule has 0 aliphatic carbocycles. The van der Waals surface area contributed by atoms with Gasteiger partial charge in [-0.05, 0) is 56.2 Å². The Labute approximate surface area is 253 Å². The molecule has 0 aliphatic heterocycles. The molecule has 1 atom stereocenters. The quantitative estimate of drug-likeness (QED) is 0.132. The SMILES string of the molecule is CC(C)(CCn1cnc2cc(C(=O)NCc3cc(=O)o[nH]3)cnc21)NC[C@H](O)c1cccc(NS(=O)(=O)c2ccccc2)c1. The molecule has 5 N–H and O–H groups in total. The molecule has 3 heterocycles. The number of rotatable bonds is 13. The molecule has 14 heteroatoms. The van der Waals surface area contributed by atoms with Crippen LogP contribution in [0.5, 0.6) is 0 Å². The second-order valence-electron chi connectivity index (χ2n) is 11.0. The lowest BCUT2D eigenvalue weighted by molar-refractivity contribution is 0.0950. The average molecular weight is 620 g/mol. The summed E-state index contributed by atoms with van der Waals surface area (Å²) in [7, 11) is -3.75. The number of anilines is 1. The molecule has 0 unspecified atom stereocenters. The second-order valence-corrected chi connectivity index (χ2v) is 12.6. The minimum atomic E-state index is -3.75. The standard InChI is InChI=1S/C30H33N7O6S/c1-30(2,34-18-26(38)20-7-6-8-22(13-20)36-44(41,42)24-9-4-3-5-10-24)11-12-37-19-33-25-14-21(16-31-28(25)37)29(40)32-17-23-15-27(39)43-35-23/h3-10,13-16,19,26,34-36,38H,11-12,17-18H2,1-2H3,(H,32,40)/t26-/m0/s1. The van der Waals surface area contributed by atoms with Crippen LogP contribution in [-0.4, -0.2) is 51.2 Å². The number of β-amino-alcohol motifs (C(OH)–C–C–N with tert-alkyl or cyclic N) is 1. The Hall–Kier alpha value is -4.79. The molecule has 0 saturated carbocycles. The van der Waals surface area contributed by atoms with E-state index in [2.05, 4.69) is 35.0 Å². The molecule has 5 aromatic rings. The number of imidazole rings is 1. The number of aromatic nitrogens is 4. The van der Waals surface area contributed by atoms with Crippen molar-refractivity contribution in [2.45, 2.75) is 49.9 Å². The molecule has 0 fully saturated rings. The predicted molar refractivity (Wildman–Crippen MR) is 163 cm³/mol. The number of carbonyl (C=O) groups excluding carboxylic acids is 1. The molecule has 2 aromatic carbocycles. The van der Waals surface area contributed by atoms with Gasteiger partial charge in [-0.15, -0.1) is 0 Å². The normalized spacial score (nSPS) is 12.7. The van der Waals surface area contributed by atoms with Crippen molar-refractivity contribution in [2.75, 3.05) is 11.3 Å². The number of aryl methyl sites for hydroxylation is 1. The van der Waals surface area contributed by atoms with Crippen molar-refractivity contribution in [3.63, 3.8) is 0 Å². The van der Waals surface area contributed by atoms with E-state index >= 15 is 0 Å². The molecule has 44 heavy (non-hydrogen) atoms. The topological polar surface area (TPSA) is 184 Å². The van der Waals surface area contributed by atoms with Gasteiger partial charge >= 0.3 is 5.63 Å². The van der Waals surface area contributed by atoms with Crippen LogP contribution >= 0.6 is 0 Å². The minimum absolute atomic E-state index is 0.103. The number of hydrogen-bond donors (Lipinski definition) is 5. The first-order valence-corrected chi connectivity index (χ1v) is 15.3. The molecule has 13 nitrogen and oxygen atoms in total. The molecule has 0 saturated heterocycles. The number of nitrogens with one attached hydrogen (secondary N) is 4. The van der Waals surface area contributed by atoms with E-state index in [-0.39, 0.29) is 29.4 Å². The van der Waals surface area contributed by atoms with Gasteiger partial charge in [0.15, 0.2) is 5.65 Å². The van der Waals surface area contributed by atoms with Gasteiger partial charge in [-0.25, -0.2) is 28.3 Å². The summed E-state index contributed by atoms with van der Waals surface area (Å²) >= 11 is 0. The first-order chi connectivity index (χ1) is 21.0. The Morgan fingerprint density at radius 2 is 1.89 bits per heavy atom. The van der Waals surface area contributed by atoms with Crippen molar-refractivity contribution in [3.8, 4) is 0 Å². The summed E-state index contributed by atoms with van der Waals surface area (Å²) in [5, 5.41) is 19.4. The van der Waals surface area contributed by atoms with Gasteiger partial charge in [0.05, 0.1) is 35.1 Å². The molecule has 1 amide bonds. The van der Waals surface area contributed by atoms with Gasteiger partial charge in [-0.3, -0.25) is 9.52 Å². The molecular weight excluding hydrogens is 586 g/mol. The highest BCUT2D eigenvalue weighted by Gasteiger charge is 2.21. The third-order valence-electron chi connectivity index (χ3n) is 7.06. The Kier molecular flexibility index (Phi) is 8.94. The van der Waals surface area contributed by atoms with E-state index in [9.17, 15) is 23.1 Å². The molecule has 3 aromatic heterocycles. The highest BCUT2D eigenvalue weighted by atomic mass is 32.2. The van der Waals surface area contributed by atoms with Gasteiger partial charge < -0.3 is 24.8 Å². The van der Waals surface area contributed by atoms with Crippen molar-refractivity contribution < 1.29 is 22.8 Å². The van der Waals surface area contributed by atoms with Crippen LogP contribution < -0.4 is 21.0 Å². The average Bonchev–Trinajstić information content (AvgIpc) is 3.63. The summed E-state index contributed by atoms with van der Waals surface area (Å²) in [6.45, 7) is 4.97. The van der Waals surface area contributed by atoms with Crippen molar-refractivity contribution in [1.29, 1.82) is 0 Å². The highest BCUT2D eigenvalue weighted by Crippen LogP contribution is 2.22. The molecular formula is C30H33N7O6S. The van der Waals surface area contributed by atoms with Crippen LogP contribution in [0.3, 0.4) is 0 Å². The number of nitrogens with zero attached hydrogens (tertiary/aromatic N) is 3. The summed E-state index contributed by atoms with van der Waals surface area (Å²) in [5.74, 6) is -0.362. The Bertz CT molecular complexity index is 1910. The fourth-order valence-corrected chi connectivity index (χ4v) is 5.59. The van der Waals surface area contributed by atoms with Crippen molar-refractivity contribution in [2.24, 2.45) is 0 Å². The maximum absolute atomic E-state index is 12.7. The lowest BCUT2D eigenvalue weighted by atomic mass is 9.99. The lowest BCUT2D eigenvalue weighted by Crippen LogP contribution is -2.42. The van der Waals surface area contributed by atoms with Crippen LogP contribution in [0.2, 0.25) is 0 Å². The van der Waals surface area contributed by atoms with Crippen LogP contribution in [-0.2, 0) is 23.1 Å². The number of amides is 1.